The highest BCUT2D eigenvalue weighted by Gasteiger charge is 2.20. The number of nitrogens with zero attached hydrogens (tertiary/aromatic N) is 3. The summed E-state index contributed by atoms with van der Waals surface area (Å²) in [6.07, 6.45) is 0.773. The van der Waals surface area contributed by atoms with E-state index in [0.29, 0.717) is 6.54 Å². The predicted molar refractivity (Wildman–Crippen MR) is 72.0 cm³/mol. The van der Waals surface area contributed by atoms with Crippen molar-refractivity contribution < 1.29 is 9.90 Å². The Morgan fingerprint density at radius 2 is 2.16 bits per heavy atom. The van der Waals surface area contributed by atoms with Crippen LogP contribution in [0.25, 0.3) is 0 Å². The third-order valence-electron chi connectivity index (χ3n) is 2.75. The molecule has 0 aliphatic carbocycles. The topological polar surface area (TPSA) is 75.4 Å². The summed E-state index contributed by atoms with van der Waals surface area (Å²) in [5, 5.41) is 13.1. The van der Waals surface area contributed by atoms with Crippen LogP contribution in [0.2, 0.25) is 0 Å². The molecule has 1 amide bonds. The van der Waals surface area contributed by atoms with Gasteiger partial charge in [0.1, 0.15) is 5.69 Å². The maximum atomic E-state index is 12.3. The van der Waals surface area contributed by atoms with Gasteiger partial charge in [-0.1, -0.05) is 6.92 Å². The van der Waals surface area contributed by atoms with Crippen molar-refractivity contribution in [2.45, 2.75) is 39.8 Å². The van der Waals surface area contributed by atoms with Crippen LogP contribution in [0.3, 0.4) is 0 Å². The number of amides is 1. The van der Waals surface area contributed by atoms with Gasteiger partial charge in [-0.05, 0) is 26.3 Å². The molecule has 0 radical (unpaired) electrons. The molecule has 0 fully saturated rings. The molecule has 0 aliphatic rings. The third-order valence-corrected chi connectivity index (χ3v) is 2.75. The lowest BCUT2D eigenvalue weighted by atomic mass is 10.2. The van der Waals surface area contributed by atoms with E-state index in [2.05, 4.69) is 5.10 Å². The Morgan fingerprint density at radius 1 is 1.47 bits per heavy atom. The lowest BCUT2D eigenvalue weighted by molar-refractivity contribution is 0.0656. The molecule has 106 valence electrons. The monoisotopic (exact) mass is 267 g/mol. The summed E-state index contributed by atoms with van der Waals surface area (Å²) in [5.74, 6) is -0.270. The van der Waals surface area contributed by atoms with Crippen molar-refractivity contribution in [3.8, 4) is 0 Å². The quantitative estimate of drug-likeness (QED) is 0.814. The van der Waals surface area contributed by atoms with Crippen molar-refractivity contribution in [3.05, 3.63) is 28.2 Å². The summed E-state index contributed by atoms with van der Waals surface area (Å²) in [6, 6.07) is 2.75. The van der Waals surface area contributed by atoms with E-state index < -0.39 is 0 Å². The molecule has 0 aliphatic heterocycles. The molecule has 0 saturated carbocycles. The fraction of sp³-hybridized carbons (Fsp3) is 0.615. The Bertz CT molecular complexity index is 482. The molecular formula is C13H21N3O3. The van der Waals surface area contributed by atoms with E-state index in [-0.39, 0.29) is 36.4 Å². The predicted octanol–water partition coefficient (Wildman–Crippen LogP) is 0.496. The van der Waals surface area contributed by atoms with Crippen LogP contribution in [0.1, 0.15) is 37.7 Å². The first-order chi connectivity index (χ1) is 9.01. The molecule has 1 heterocycles. The fourth-order valence-corrected chi connectivity index (χ4v) is 1.78. The van der Waals surface area contributed by atoms with Crippen molar-refractivity contribution in [1.29, 1.82) is 0 Å². The Kier molecular flexibility index (Phi) is 5.69. The highest BCUT2D eigenvalue weighted by Crippen LogP contribution is 2.05. The van der Waals surface area contributed by atoms with Crippen molar-refractivity contribution in [1.82, 2.24) is 14.7 Å². The highest BCUT2D eigenvalue weighted by atomic mass is 16.3. The average Bonchev–Trinajstić information content (AvgIpc) is 2.37. The van der Waals surface area contributed by atoms with Gasteiger partial charge in [-0.3, -0.25) is 9.59 Å². The van der Waals surface area contributed by atoms with Gasteiger partial charge in [0.25, 0.3) is 11.5 Å². The molecule has 6 nitrogen and oxygen atoms in total. The minimum absolute atomic E-state index is 0.0343. The number of carbonyl (C=O) groups excluding carboxylic acids is 1. The zero-order valence-electron chi connectivity index (χ0n) is 11.7. The molecule has 0 saturated heterocycles. The minimum Gasteiger partial charge on any atom is -0.395 e. The molecule has 1 aromatic rings. The number of aliphatic hydroxyl groups excluding tert-OH is 1. The molecule has 0 bridgehead atoms. The normalized spacial score (nSPS) is 10.8. The van der Waals surface area contributed by atoms with Gasteiger partial charge in [-0.15, -0.1) is 0 Å². The van der Waals surface area contributed by atoms with Gasteiger partial charge in [-0.2, -0.15) is 5.10 Å². The summed E-state index contributed by atoms with van der Waals surface area (Å²) in [6.45, 7) is 6.32. The standard InChI is InChI=1S/C13H21N3O3/c1-4-7-16-12(18)6-5-11(14-16)13(19)15(8-9-17)10(2)3/h5-6,10,17H,4,7-9H2,1-3H3. The molecule has 1 rings (SSSR count). The molecular weight excluding hydrogens is 246 g/mol. The van der Waals surface area contributed by atoms with Gasteiger partial charge >= 0.3 is 0 Å². The maximum absolute atomic E-state index is 12.3. The zero-order valence-corrected chi connectivity index (χ0v) is 11.7. The van der Waals surface area contributed by atoms with Crippen LogP contribution in [0.15, 0.2) is 16.9 Å². The van der Waals surface area contributed by atoms with E-state index in [1.165, 1.54) is 21.7 Å². The van der Waals surface area contributed by atoms with Crippen molar-refractivity contribution in [3.63, 3.8) is 0 Å². The number of rotatable bonds is 6. The summed E-state index contributed by atoms with van der Waals surface area (Å²) in [5.41, 5.74) is 0.0202. The molecule has 0 atom stereocenters. The highest BCUT2D eigenvalue weighted by molar-refractivity contribution is 5.92. The number of hydrogen-bond donors (Lipinski definition) is 1. The second kappa shape index (κ2) is 7.04. The van der Waals surface area contributed by atoms with Gasteiger partial charge in [0.05, 0.1) is 6.61 Å². The number of aryl methyl sites for hydroxylation is 1. The minimum atomic E-state index is -0.270. The van der Waals surface area contributed by atoms with Gasteiger partial charge in [0, 0.05) is 25.2 Å². The Hall–Kier alpha value is -1.69. The van der Waals surface area contributed by atoms with Crippen LogP contribution in [0.5, 0.6) is 0 Å². The fourth-order valence-electron chi connectivity index (χ4n) is 1.78. The summed E-state index contributed by atoms with van der Waals surface area (Å²) in [7, 11) is 0. The first kappa shape index (κ1) is 15.4. The van der Waals surface area contributed by atoms with E-state index in [4.69, 9.17) is 5.11 Å². The van der Waals surface area contributed by atoms with E-state index >= 15 is 0 Å². The van der Waals surface area contributed by atoms with E-state index in [1.54, 1.807) is 0 Å². The van der Waals surface area contributed by atoms with Crippen LogP contribution < -0.4 is 5.56 Å². The first-order valence-electron chi connectivity index (χ1n) is 6.51. The lowest BCUT2D eigenvalue weighted by Gasteiger charge is -2.25. The van der Waals surface area contributed by atoms with E-state index in [9.17, 15) is 9.59 Å². The van der Waals surface area contributed by atoms with Crippen molar-refractivity contribution in [2.24, 2.45) is 0 Å². The maximum Gasteiger partial charge on any atom is 0.274 e. The molecule has 1 aromatic heterocycles. The summed E-state index contributed by atoms with van der Waals surface area (Å²) < 4.78 is 1.30. The van der Waals surface area contributed by atoms with Gasteiger partial charge < -0.3 is 10.0 Å². The van der Waals surface area contributed by atoms with Crippen LogP contribution >= 0.6 is 0 Å². The van der Waals surface area contributed by atoms with Crippen LogP contribution in [0.4, 0.5) is 0 Å². The SMILES string of the molecule is CCCn1nc(C(=O)N(CCO)C(C)C)ccc1=O. The number of carbonyl (C=O) groups is 1. The second-order valence-electron chi connectivity index (χ2n) is 4.60. The number of aliphatic hydroxyl groups is 1. The molecule has 6 heteroatoms. The van der Waals surface area contributed by atoms with Crippen LogP contribution in [-0.2, 0) is 6.54 Å². The molecule has 0 spiro atoms. The molecule has 19 heavy (non-hydrogen) atoms. The van der Waals surface area contributed by atoms with E-state index in [1.807, 2.05) is 20.8 Å². The Morgan fingerprint density at radius 3 is 2.68 bits per heavy atom. The smallest absolute Gasteiger partial charge is 0.274 e. The number of aromatic nitrogens is 2. The third kappa shape index (κ3) is 3.89. The molecule has 1 N–H and O–H groups in total. The van der Waals surface area contributed by atoms with Gasteiger partial charge in [-0.25, -0.2) is 4.68 Å². The number of hydrogen-bond acceptors (Lipinski definition) is 4. The van der Waals surface area contributed by atoms with Crippen molar-refractivity contribution >= 4 is 5.91 Å². The average molecular weight is 267 g/mol. The first-order valence-corrected chi connectivity index (χ1v) is 6.51. The summed E-state index contributed by atoms with van der Waals surface area (Å²) in [4.78, 5) is 25.4. The zero-order chi connectivity index (χ0) is 14.4. The van der Waals surface area contributed by atoms with Crippen LogP contribution in [-0.4, -0.2) is 44.9 Å². The largest absolute Gasteiger partial charge is 0.395 e. The second-order valence-corrected chi connectivity index (χ2v) is 4.60. The molecule has 0 aromatic carbocycles. The lowest BCUT2D eigenvalue weighted by Crippen LogP contribution is -2.40. The molecule has 0 unspecified atom stereocenters. The summed E-state index contributed by atoms with van der Waals surface area (Å²) >= 11 is 0. The van der Waals surface area contributed by atoms with Gasteiger partial charge in [0.2, 0.25) is 0 Å². The van der Waals surface area contributed by atoms with Gasteiger partial charge in [0.15, 0.2) is 0 Å². The van der Waals surface area contributed by atoms with E-state index in [0.717, 1.165) is 6.42 Å². The van der Waals surface area contributed by atoms with Crippen molar-refractivity contribution in [2.75, 3.05) is 13.2 Å². The Balaban J connectivity index is 3.04. The Labute approximate surface area is 112 Å². The van der Waals surface area contributed by atoms with Crippen LogP contribution in [0, 0.1) is 0 Å².